The molecule has 1 N–H and O–H groups in total. The van der Waals surface area contributed by atoms with Gasteiger partial charge < -0.3 is 5.32 Å². The van der Waals surface area contributed by atoms with Gasteiger partial charge in [0.1, 0.15) is 5.67 Å². The van der Waals surface area contributed by atoms with Gasteiger partial charge in [0.2, 0.25) is 0 Å². The van der Waals surface area contributed by atoms with E-state index in [0.29, 0.717) is 12.3 Å². The quantitative estimate of drug-likeness (QED) is 0.843. The standard InChI is InChI=1S/C15H22FN/c1-15(2,16)9-7-12-3-5-13(6-4-12)14-8-10-17-11-14/h3-6,14,17H,7-11H2,1-2H3. The molecule has 0 radical (unpaired) electrons. The Morgan fingerprint density at radius 2 is 2.00 bits per heavy atom. The molecule has 1 atom stereocenters. The third-order valence-electron chi connectivity index (χ3n) is 3.52. The number of benzene rings is 1. The van der Waals surface area contributed by atoms with Crippen LogP contribution in [0.25, 0.3) is 0 Å². The lowest BCUT2D eigenvalue weighted by molar-refractivity contribution is 0.202. The van der Waals surface area contributed by atoms with Gasteiger partial charge in [-0.15, -0.1) is 0 Å². The van der Waals surface area contributed by atoms with Crippen molar-refractivity contribution in [1.29, 1.82) is 0 Å². The van der Waals surface area contributed by atoms with E-state index in [1.807, 2.05) is 0 Å². The summed E-state index contributed by atoms with van der Waals surface area (Å²) in [5.41, 5.74) is 1.59. The van der Waals surface area contributed by atoms with Crippen LogP contribution in [0.5, 0.6) is 0 Å². The molecule has 0 saturated carbocycles. The van der Waals surface area contributed by atoms with Crippen molar-refractivity contribution in [3.8, 4) is 0 Å². The Morgan fingerprint density at radius 3 is 2.53 bits per heavy atom. The lowest BCUT2D eigenvalue weighted by atomic mass is 9.95. The first-order valence-corrected chi connectivity index (χ1v) is 6.53. The van der Waals surface area contributed by atoms with Gasteiger partial charge in [0, 0.05) is 6.54 Å². The van der Waals surface area contributed by atoms with Crippen LogP contribution in [-0.4, -0.2) is 18.8 Å². The average molecular weight is 235 g/mol. The minimum Gasteiger partial charge on any atom is -0.316 e. The molecule has 2 heteroatoms. The highest BCUT2D eigenvalue weighted by Crippen LogP contribution is 2.23. The summed E-state index contributed by atoms with van der Waals surface area (Å²) >= 11 is 0. The second-order valence-corrected chi connectivity index (χ2v) is 5.65. The Hall–Kier alpha value is -0.890. The number of nitrogens with one attached hydrogen (secondary N) is 1. The summed E-state index contributed by atoms with van der Waals surface area (Å²) in [6, 6.07) is 8.72. The molecule has 0 aromatic heterocycles. The van der Waals surface area contributed by atoms with Gasteiger partial charge in [-0.2, -0.15) is 0 Å². The lowest BCUT2D eigenvalue weighted by Gasteiger charge is -2.14. The number of alkyl halides is 1. The Bertz CT molecular complexity index is 344. The van der Waals surface area contributed by atoms with E-state index < -0.39 is 5.67 Å². The van der Waals surface area contributed by atoms with Crippen molar-refractivity contribution < 1.29 is 4.39 Å². The van der Waals surface area contributed by atoms with E-state index in [9.17, 15) is 4.39 Å². The van der Waals surface area contributed by atoms with E-state index in [4.69, 9.17) is 0 Å². The van der Waals surface area contributed by atoms with Crippen LogP contribution in [0.15, 0.2) is 24.3 Å². The van der Waals surface area contributed by atoms with Crippen molar-refractivity contribution in [2.75, 3.05) is 13.1 Å². The second-order valence-electron chi connectivity index (χ2n) is 5.65. The van der Waals surface area contributed by atoms with Crippen molar-refractivity contribution in [1.82, 2.24) is 5.32 Å². The molecule has 1 aromatic carbocycles. The van der Waals surface area contributed by atoms with Crippen molar-refractivity contribution in [3.05, 3.63) is 35.4 Å². The molecule has 0 bridgehead atoms. The van der Waals surface area contributed by atoms with Crippen LogP contribution in [0.2, 0.25) is 0 Å². The van der Waals surface area contributed by atoms with Crippen molar-refractivity contribution >= 4 is 0 Å². The van der Waals surface area contributed by atoms with E-state index in [0.717, 1.165) is 19.5 Å². The molecular formula is C15H22FN. The first kappa shape index (κ1) is 12.6. The van der Waals surface area contributed by atoms with E-state index in [2.05, 4.69) is 29.6 Å². The number of rotatable bonds is 4. The fraction of sp³-hybridized carbons (Fsp3) is 0.600. The smallest absolute Gasteiger partial charge is 0.105 e. The maximum atomic E-state index is 13.4. The third-order valence-corrected chi connectivity index (χ3v) is 3.52. The molecule has 1 saturated heterocycles. The zero-order valence-corrected chi connectivity index (χ0v) is 10.8. The van der Waals surface area contributed by atoms with Gasteiger partial charge in [-0.1, -0.05) is 24.3 Å². The highest BCUT2D eigenvalue weighted by Gasteiger charge is 2.17. The van der Waals surface area contributed by atoms with E-state index in [-0.39, 0.29) is 0 Å². The van der Waals surface area contributed by atoms with Gasteiger partial charge in [-0.05, 0) is 56.7 Å². The second kappa shape index (κ2) is 5.18. The van der Waals surface area contributed by atoms with E-state index >= 15 is 0 Å². The van der Waals surface area contributed by atoms with Crippen molar-refractivity contribution in [2.45, 2.75) is 44.7 Å². The molecule has 1 fully saturated rings. The summed E-state index contributed by atoms with van der Waals surface area (Å²) in [5, 5.41) is 3.38. The van der Waals surface area contributed by atoms with Crippen LogP contribution >= 0.6 is 0 Å². The first-order valence-electron chi connectivity index (χ1n) is 6.53. The van der Waals surface area contributed by atoms with Crippen molar-refractivity contribution in [3.63, 3.8) is 0 Å². The summed E-state index contributed by atoms with van der Waals surface area (Å²) in [4.78, 5) is 0. The minimum absolute atomic E-state index is 0.595. The number of hydrogen-bond donors (Lipinski definition) is 1. The van der Waals surface area contributed by atoms with E-state index in [1.165, 1.54) is 17.5 Å². The summed E-state index contributed by atoms with van der Waals surface area (Å²) < 4.78 is 13.4. The van der Waals surface area contributed by atoms with Gasteiger partial charge in [0.25, 0.3) is 0 Å². The minimum atomic E-state index is -1.06. The maximum absolute atomic E-state index is 13.4. The fourth-order valence-electron chi connectivity index (χ4n) is 2.34. The Labute approximate surface area is 103 Å². The van der Waals surface area contributed by atoms with Crippen LogP contribution in [-0.2, 0) is 6.42 Å². The van der Waals surface area contributed by atoms with Gasteiger partial charge >= 0.3 is 0 Å². The molecule has 0 spiro atoms. The van der Waals surface area contributed by atoms with E-state index in [1.54, 1.807) is 13.8 Å². The average Bonchev–Trinajstić information content (AvgIpc) is 2.79. The third kappa shape index (κ3) is 3.81. The molecule has 1 nitrogen and oxygen atoms in total. The van der Waals surface area contributed by atoms with Crippen LogP contribution in [0.4, 0.5) is 4.39 Å². The molecule has 1 aliphatic heterocycles. The predicted molar refractivity (Wildman–Crippen MR) is 70.2 cm³/mol. The Morgan fingerprint density at radius 1 is 1.29 bits per heavy atom. The molecule has 1 aliphatic rings. The van der Waals surface area contributed by atoms with Gasteiger partial charge in [-0.3, -0.25) is 0 Å². The number of aryl methyl sites for hydroxylation is 1. The van der Waals surface area contributed by atoms with Crippen LogP contribution in [0.1, 0.15) is 43.7 Å². The number of hydrogen-bond acceptors (Lipinski definition) is 1. The van der Waals surface area contributed by atoms with Gasteiger partial charge in [-0.25, -0.2) is 4.39 Å². The fourth-order valence-corrected chi connectivity index (χ4v) is 2.34. The first-order chi connectivity index (χ1) is 8.04. The number of halogens is 1. The molecule has 1 heterocycles. The molecule has 17 heavy (non-hydrogen) atoms. The van der Waals surface area contributed by atoms with Crippen LogP contribution in [0, 0.1) is 0 Å². The molecule has 94 valence electrons. The topological polar surface area (TPSA) is 12.0 Å². The molecule has 1 unspecified atom stereocenters. The summed E-state index contributed by atoms with van der Waals surface area (Å²) in [6.45, 7) is 5.51. The predicted octanol–water partition coefficient (Wildman–Crippen LogP) is 3.44. The summed E-state index contributed by atoms with van der Waals surface area (Å²) in [5.74, 6) is 0.668. The van der Waals surface area contributed by atoms with Crippen LogP contribution in [0.3, 0.4) is 0 Å². The molecule has 1 aromatic rings. The largest absolute Gasteiger partial charge is 0.316 e. The summed E-state index contributed by atoms with van der Waals surface area (Å²) in [6.07, 6.45) is 2.65. The zero-order valence-electron chi connectivity index (χ0n) is 10.8. The maximum Gasteiger partial charge on any atom is 0.105 e. The van der Waals surface area contributed by atoms with Crippen molar-refractivity contribution in [2.24, 2.45) is 0 Å². The normalized spacial score (nSPS) is 20.8. The lowest BCUT2D eigenvalue weighted by Crippen LogP contribution is -2.12. The SMILES string of the molecule is CC(C)(F)CCc1ccc(C2CCNC2)cc1. The Kier molecular flexibility index (Phi) is 3.82. The molecule has 0 amide bonds. The molecular weight excluding hydrogens is 213 g/mol. The Balaban J connectivity index is 1.93. The molecule has 0 aliphatic carbocycles. The molecule has 2 rings (SSSR count). The zero-order chi connectivity index (χ0) is 12.3. The highest BCUT2D eigenvalue weighted by molar-refractivity contribution is 5.26. The van der Waals surface area contributed by atoms with Gasteiger partial charge in [0.05, 0.1) is 0 Å². The summed E-state index contributed by atoms with van der Waals surface area (Å²) in [7, 11) is 0. The highest BCUT2D eigenvalue weighted by atomic mass is 19.1. The van der Waals surface area contributed by atoms with Crippen LogP contribution < -0.4 is 5.32 Å². The van der Waals surface area contributed by atoms with Gasteiger partial charge in [0.15, 0.2) is 0 Å². The monoisotopic (exact) mass is 235 g/mol.